The van der Waals surface area contributed by atoms with Crippen LogP contribution in [0, 0.1) is 11.7 Å². The average molecular weight is 324 g/mol. The van der Waals surface area contributed by atoms with Crippen molar-refractivity contribution in [3.63, 3.8) is 0 Å². The molecule has 0 nitrogen and oxygen atoms in total. The van der Waals surface area contributed by atoms with Crippen LogP contribution in [0.1, 0.15) is 69.8 Å². The Morgan fingerprint density at radius 1 is 0.917 bits per heavy atom. The minimum atomic E-state index is -0.0798. The van der Waals surface area contributed by atoms with Gasteiger partial charge in [0.15, 0.2) is 0 Å². The smallest absolute Gasteiger partial charge is 0.131 e. The Kier molecular flexibility index (Phi) is 6.07. The van der Waals surface area contributed by atoms with E-state index in [2.05, 4.69) is 13.0 Å². The molecule has 1 fully saturated rings. The Morgan fingerprint density at radius 3 is 2.33 bits per heavy atom. The van der Waals surface area contributed by atoms with E-state index in [1.54, 1.807) is 6.07 Å². The molecule has 0 aromatic heterocycles. The Hall–Kier alpha value is -1.63. The molecule has 2 aromatic rings. The van der Waals surface area contributed by atoms with E-state index in [1.165, 1.54) is 56.9 Å². The molecule has 0 spiro atoms. The molecule has 0 aliphatic heterocycles. The first-order valence-corrected chi connectivity index (χ1v) is 9.62. The molecule has 2 aromatic carbocycles. The highest BCUT2D eigenvalue weighted by Crippen LogP contribution is 2.38. The van der Waals surface area contributed by atoms with Gasteiger partial charge in [-0.3, -0.25) is 0 Å². The summed E-state index contributed by atoms with van der Waals surface area (Å²) in [5.41, 5.74) is 2.87. The maximum absolute atomic E-state index is 14.6. The first kappa shape index (κ1) is 17.2. The lowest BCUT2D eigenvalue weighted by molar-refractivity contribution is 0.302. The fourth-order valence-electron chi connectivity index (χ4n) is 4.10. The zero-order valence-electron chi connectivity index (χ0n) is 14.8. The summed E-state index contributed by atoms with van der Waals surface area (Å²) in [6.45, 7) is 2.27. The van der Waals surface area contributed by atoms with Crippen LogP contribution in [0.15, 0.2) is 48.5 Å². The van der Waals surface area contributed by atoms with Crippen LogP contribution in [0.2, 0.25) is 0 Å². The van der Waals surface area contributed by atoms with E-state index in [0.29, 0.717) is 11.5 Å². The molecule has 3 rings (SSSR count). The largest absolute Gasteiger partial charge is 0.206 e. The van der Waals surface area contributed by atoms with Gasteiger partial charge in [-0.15, -0.1) is 0 Å². The summed E-state index contributed by atoms with van der Waals surface area (Å²) in [6.07, 6.45) is 10.5. The van der Waals surface area contributed by atoms with E-state index in [0.717, 1.165) is 11.5 Å². The van der Waals surface area contributed by atoms with E-state index >= 15 is 0 Å². The molecule has 0 unspecified atom stereocenters. The summed E-state index contributed by atoms with van der Waals surface area (Å²) in [6, 6.07) is 15.7. The third kappa shape index (κ3) is 4.26. The summed E-state index contributed by atoms with van der Waals surface area (Å²) in [7, 11) is 0. The SMILES string of the molecule is CCCCC[C@H]1CC[C@H](c2ccc(-c3ccccc3)c(F)c2)CC1. The van der Waals surface area contributed by atoms with Gasteiger partial charge in [0.05, 0.1) is 0 Å². The molecule has 0 saturated heterocycles. The zero-order valence-corrected chi connectivity index (χ0v) is 14.8. The van der Waals surface area contributed by atoms with Gasteiger partial charge in [0.2, 0.25) is 0 Å². The van der Waals surface area contributed by atoms with Gasteiger partial charge < -0.3 is 0 Å². The van der Waals surface area contributed by atoms with Gasteiger partial charge in [-0.05, 0) is 54.7 Å². The first-order valence-electron chi connectivity index (χ1n) is 9.62. The topological polar surface area (TPSA) is 0 Å². The summed E-state index contributed by atoms with van der Waals surface area (Å²) < 4.78 is 14.6. The van der Waals surface area contributed by atoms with Crippen molar-refractivity contribution < 1.29 is 4.39 Å². The summed E-state index contributed by atoms with van der Waals surface area (Å²) in [5, 5.41) is 0. The highest BCUT2D eigenvalue weighted by molar-refractivity contribution is 5.64. The number of unbranched alkanes of at least 4 members (excludes halogenated alkanes) is 2. The normalized spacial score (nSPS) is 20.9. The molecule has 1 aliphatic rings. The highest BCUT2D eigenvalue weighted by Gasteiger charge is 2.22. The van der Waals surface area contributed by atoms with Crippen LogP contribution in [0.4, 0.5) is 4.39 Å². The molecule has 1 aliphatic carbocycles. The zero-order chi connectivity index (χ0) is 16.8. The quantitative estimate of drug-likeness (QED) is 0.487. The molecule has 0 bridgehead atoms. The first-order chi connectivity index (χ1) is 11.8. The maximum atomic E-state index is 14.6. The van der Waals surface area contributed by atoms with Crippen molar-refractivity contribution in [2.75, 3.05) is 0 Å². The summed E-state index contributed by atoms with van der Waals surface area (Å²) in [4.78, 5) is 0. The molecule has 0 N–H and O–H groups in total. The minimum Gasteiger partial charge on any atom is -0.206 e. The van der Waals surface area contributed by atoms with Crippen molar-refractivity contribution >= 4 is 0 Å². The van der Waals surface area contributed by atoms with Crippen LogP contribution in [-0.2, 0) is 0 Å². The molecule has 0 radical (unpaired) electrons. The summed E-state index contributed by atoms with van der Waals surface area (Å²) >= 11 is 0. The second-order valence-corrected chi connectivity index (χ2v) is 7.32. The third-order valence-corrected chi connectivity index (χ3v) is 5.61. The molecule has 0 heterocycles. The third-order valence-electron chi connectivity index (χ3n) is 5.61. The lowest BCUT2D eigenvalue weighted by atomic mass is 9.77. The van der Waals surface area contributed by atoms with Crippen molar-refractivity contribution in [3.8, 4) is 11.1 Å². The van der Waals surface area contributed by atoms with Gasteiger partial charge in [0.1, 0.15) is 5.82 Å². The van der Waals surface area contributed by atoms with Gasteiger partial charge in [0.25, 0.3) is 0 Å². The van der Waals surface area contributed by atoms with Gasteiger partial charge >= 0.3 is 0 Å². The van der Waals surface area contributed by atoms with Crippen LogP contribution in [0.25, 0.3) is 11.1 Å². The fourth-order valence-corrected chi connectivity index (χ4v) is 4.10. The molecule has 0 atom stereocenters. The van der Waals surface area contributed by atoms with E-state index in [-0.39, 0.29) is 5.82 Å². The van der Waals surface area contributed by atoms with Crippen molar-refractivity contribution in [3.05, 3.63) is 59.9 Å². The van der Waals surface area contributed by atoms with Crippen LogP contribution >= 0.6 is 0 Å². The molecular formula is C23H29F. The lowest BCUT2D eigenvalue weighted by Crippen LogP contribution is -2.13. The maximum Gasteiger partial charge on any atom is 0.131 e. The van der Waals surface area contributed by atoms with Gasteiger partial charge in [-0.1, -0.05) is 75.1 Å². The standard InChI is InChI=1S/C23H29F/c1-2-3-5-8-18-11-13-19(14-12-18)21-15-16-22(23(24)17-21)20-9-6-4-7-10-20/h4,6-7,9-10,15-19H,2-3,5,8,11-14H2,1H3/t18-,19-. The number of rotatable bonds is 6. The van der Waals surface area contributed by atoms with Crippen molar-refractivity contribution in [1.29, 1.82) is 0 Å². The van der Waals surface area contributed by atoms with Crippen molar-refractivity contribution in [1.82, 2.24) is 0 Å². The Labute approximate surface area is 146 Å². The number of hydrogen-bond donors (Lipinski definition) is 0. The lowest BCUT2D eigenvalue weighted by Gasteiger charge is -2.29. The number of benzene rings is 2. The van der Waals surface area contributed by atoms with Gasteiger partial charge in [-0.2, -0.15) is 0 Å². The van der Waals surface area contributed by atoms with E-state index in [4.69, 9.17) is 0 Å². The van der Waals surface area contributed by atoms with E-state index < -0.39 is 0 Å². The van der Waals surface area contributed by atoms with Gasteiger partial charge in [-0.25, -0.2) is 4.39 Å². The number of hydrogen-bond acceptors (Lipinski definition) is 0. The van der Waals surface area contributed by atoms with E-state index in [9.17, 15) is 4.39 Å². The fraction of sp³-hybridized carbons (Fsp3) is 0.478. The van der Waals surface area contributed by atoms with Gasteiger partial charge in [0, 0.05) is 5.56 Å². The molecule has 24 heavy (non-hydrogen) atoms. The Bertz CT molecular complexity index is 624. The number of halogens is 1. The Balaban J connectivity index is 1.61. The van der Waals surface area contributed by atoms with E-state index in [1.807, 2.05) is 36.4 Å². The van der Waals surface area contributed by atoms with Crippen molar-refractivity contribution in [2.45, 2.75) is 64.2 Å². The monoisotopic (exact) mass is 324 g/mol. The second kappa shape index (κ2) is 8.46. The second-order valence-electron chi connectivity index (χ2n) is 7.32. The Morgan fingerprint density at radius 2 is 1.67 bits per heavy atom. The van der Waals surface area contributed by atoms with Crippen molar-refractivity contribution in [2.24, 2.45) is 5.92 Å². The minimum absolute atomic E-state index is 0.0798. The highest BCUT2D eigenvalue weighted by atomic mass is 19.1. The molecule has 1 heteroatoms. The molecule has 0 amide bonds. The summed E-state index contributed by atoms with van der Waals surface area (Å²) in [5.74, 6) is 1.37. The molecule has 1 saturated carbocycles. The predicted octanol–water partition coefficient (Wildman–Crippen LogP) is 7.35. The predicted molar refractivity (Wildman–Crippen MR) is 101 cm³/mol. The average Bonchev–Trinajstić information content (AvgIpc) is 2.63. The van der Waals surface area contributed by atoms with Crippen LogP contribution in [0.5, 0.6) is 0 Å². The van der Waals surface area contributed by atoms with Crippen LogP contribution in [0.3, 0.4) is 0 Å². The molecular weight excluding hydrogens is 295 g/mol. The molecule has 128 valence electrons. The van der Waals surface area contributed by atoms with Crippen LogP contribution < -0.4 is 0 Å². The van der Waals surface area contributed by atoms with Crippen LogP contribution in [-0.4, -0.2) is 0 Å².